The topological polar surface area (TPSA) is 103 Å². The standard InChI is InChI=1S/C35H32F2N4O2.C2HF3O2/c36-29-15-13-27(14-16-29)35(28-10-6-11-30(37)24-28)34(43)41(33(39-35)31-12-4-5-19-38-31)21-7-20-40-22-17-26(18-23-40)32(42)25-8-2-1-3-9-25;3-2(4,5)1(6)7/h1-6,8-16,19,24,26H,7,17-18,20-23H2;(H,6,7). The molecule has 8 nitrogen and oxygen atoms in total. The molecule has 0 radical (unpaired) electrons. The summed E-state index contributed by atoms with van der Waals surface area (Å²) in [5, 5.41) is 7.12. The fourth-order valence-corrected chi connectivity index (χ4v) is 6.11. The van der Waals surface area contributed by atoms with E-state index in [-0.39, 0.29) is 17.6 Å². The van der Waals surface area contributed by atoms with E-state index < -0.39 is 29.3 Å². The molecule has 0 bridgehead atoms. The number of likely N-dealkylation sites (tertiary alicyclic amines) is 1. The molecule has 1 atom stereocenters. The quantitative estimate of drug-likeness (QED) is 0.159. The largest absolute Gasteiger partial charge is 0.490 e. The average molecular weight is 693 g/mol. The minimum absolute atomic E-state index is 0.0179. The Morgan fingerprint density at radius 2 is 1.48 bits per heavy atom. The Balaban J connectivity index is 0.000000630. The molecule has 2 aliphatic heterocycles. The Hall–Kier alpha value is -5.30. The van der Waals surface area contributed by atoms with Gasteiger partial charge >= 0.3 is 12.1 Å². The van der Waals surface area contributed by atoms with E-state index in [0.29, 0.717) is 35.6 Å². The van der Waals surface area contributed by atoms with Crippen LogP contribution in [-0.4, -0.2) is 75.7 Å². The van der Waals surface area contributed by atoms with Gasteiger partial charge in [0.15, 0.2) is 17.2 Å². The predicted octanol–water partition coefficient (Wildman–Crippen LogP) is 6.51. The van der Waals surface area contributed by atoms with Gasteiger partial charge in [-0.2, -0.15) is 13.2 Å². The Bertz CT molecular complexity index is 1830. The number of aliphatic carboxylic acids is 1. The molecule has 1 fully saturated rings. The molecular weight excluding hydrogens is 659 g/mol. The zero-order valence-electron chi connectivity index (χ0n) is 26.7. The van der Waals surface area contributed by atoms with Crippen LogP contribution >= 0.6 is 0 Å². The van der Waals surface area contributed by atoms with Crippen LogP contribution in [0.2, 0.25) is 0 Å². The number of amides is 1. The molecular formula is C37H33F5N4O4. The zero-order valence-corrected chi connectivity index (χ0v) is 26.7. The first kappa shape index (κ1) is 36.0. The highest BCUT2D eigenvalue weighted by molar-refractivity contribution is 6.16. The van der Waals surface area contributed by atoms with E-state index in [1.165, 1.54) is 36.4 Å². The van der Waals surface area contributed by atoms with Crippen LogP contribution < -0.4 is 0 Å². The van der Waals surface area contributed by atoms with Gasteiger partial charge in [0, 0.05) is 24.2 Å². The summed E-state index contributed by atoms with van der Waals surface area (Å²) < 4.78 is 60.2. The number of piperidine rings is 1. The number of aromatic nitrogens is 1. The number of halogens is 5. The predicted molar refractivity (Wildman–Crippen MR) is 174 cm³/mol. The third kappa shape index (κ3) is 8.11. The molecule has 2 aliphatic rings. The van der Waals surface area contributed by atoms with Crippen LogP contribution in [-0.2, 0) is 15.1 Å². The van der Waals surface area contributed by atoms with Crippen molar-refractivity contribution >= 4 is 23.5 Å². The van der Waals surface area contributed by atoms with Gasteiger partial charge in [-0.05, 0) is 86.4 Å². The number of carbonyl (C=O) groups excluding carboxylic acids is 2. The summed E-state index contributed by atoms with van der Waals surface area (Å²) in [6, 6.07) is 26.3. The van der Waals surface area contributed by atoms with Crippen molar-refractivity contribution in [2.45, 2.75) is 31.0 Å². The van der Waals surface area contributed by atoms with Crippen molar-refractivity contribution in [3.63, 3.8) is 0 Å². The first-order chi connectivity index (χ1) is 23.9. The summed E-state index contributed by atoms with van der Waals surface area (Å²) in [6.45, 7) is 2.73. The number of pyridine rings is 1. The highest BCUT2D eigenvalue weighted by atomic mass is 19.4. The SMILES string of the molecule is O=C(O)C(F)(F)F.O=C(c1ccccc1)C1CCN(CCCN2C(=O)C(c3ccc(F)cc3)(c3cccc(F)c3)N=C2c2ccccn2)CC1. The van der Waals surface area contributed by atoms with E-state index in [4.69, 9.17) is 14.9 Å². The van der Waals surface area contributed by atoms with Crippen LogP contribution in [0.5, 0.6) is 0 Å². The Morgan fingerprint density at radius 1 is 0.820 bits per heavy atom. The number of benzene rings is 3. The third-order valence-electron chi connectivity index (χ3n) is 8.60. The molecule has 13 heteroatoms. The van der Waals surface area contributed by atoms with E-state index in [1.54, 1.807) is 35.4 Å². The van der Waals surface area contributed by atoms with Gasteiger partial charge in [-0.1, -0.05) is 60.7 Å². The van der Waals surface area contributed by atoms with Crippen molar-refractivity contribution in [1.29, 1.82) is 0 Å². The number of carbonyl (C=O) groups is 3. The lowest BCUT2D eigenvalue weighted by molar-refractivity contribution is -0.192. The third-order valence-corrected chi connectivity index (χ3v) is 8.60. The lowest BCUT2D eigenvalue weighted by atomic mass is 9.82. The second-order valence-electron chi connectivity index (χ2n) is 11.8. The molecule has 0 aliphatic carbocycles. The average Bonchev–Trinajstić information content (AvgIpc) is 3.41. The van der Waals surface area contributed by atoms with Gasteiger partial charge in [-0.25, -0.2) is 18.6 Å². The van der Waals surface area contributed by atoms with Crippen molar-refractivity contribution in [2.75, 3.05) is 26.2 Å². The number of Topliss-reactive ketones (excluding diaryl/α,β-unsaturated/α-hetero) is 1. The van der Waals surface area contributed by atoms with Crippen molar-refractivity contribution in [3.05, 3.63) is 137 Å². The van der Waals surface area contributed by atoms with E-state index in [9.17, 15) is 31.5 Å². The fourth-order valence-electron chi connectivity index (χ4n) is 6.11. The first-order valence-electron chi connectivity index (χ1n) is 15.9. The molecule has 3 heterocycles. The molecule has 4 aromatic rings. The molecule has 3 aromatic carbocycles. The molecule has 1 aromatic heterocycles. The first-order valence-corrected chi connectivity index (χ1v) is 15.9. The number of carboxylic acids is 1. The number of rotatable bonds is 9. The van der Waals surface area contributed by atoms with Crippen molar-refractivity contribution in [2.24, 2.45) is 10.9 Å². The van der Waals surface area contributed by atoms with Crippen LogP contribution in [0.1, 0.15) is 46.4 Å². The van der Waals surface area contributed by atoms with Gasteiger partial charge in [0.05, 0.1) is 0 Å². The summed E-state index contributed by atoms with van der Waals surface area (Å²) in [6.07, 6.45) is -1.19. The van der Waals surface area contributed by atoms with Crippen molar-refractivity contribution < 1.29 is 41.4 Å². The van der Waals surface area contributed by atoms with Gasteiger partial charge in [-0.3, -0.25) is 19.5 Å². The lowest BCUT2D eigenvalue weighted by Crippen LogP contribution is -2.43. The number of hydrogen-bond acceptors (Lipinski definition) is 6. The van der Waals surface area contributed by atoms with Crippen LogP contribution in [0, 0.1) is 17.6 Å². The summed E-state index contributed by atoms with van der Waals surface area (Å²) in [4.78, 5) is 49.7. The molecule has 260 valence electrons. The van der Waals surface area contributed by atoms with Crippen molar-refractivity contribution in [3.8, 4) is 0 Å². The number of ketones is 1. The molecule has 6 rings (SSSR count). The molecule has 1 N–H and O–H groups in total. The maximum atomic E-state index is 14.5. The number of amidine groups is 1. The number of aliphatic imine (C=N–C) groups is 1. The van der Waals surface area contributed by atoms with Gasteiger partial charge in [0.1, 0.15) is 17.3 Å². The minimum atomic E-state index is -5.08. The molecule has 1 saturated heterocycles. The number of carboxylic acid groups (broad SMARTS) is 1. The maximum absolute atomic E-state index is 14.5. The number of hydrogen-bond donors (Lipinski definition) is 1. The van der Waals surface area contributed by atoms with Gasteiger partial charge in [0.25, 0.3) is 5.91 Å². The summed E-state index contributed by atoms with van der Waals surface area (Å²) >= 11 is 0. The summed E-state index contributed by atoms with van der Waals surface area (Å²) in [5.41, 5.74) is 0.517. The summed E-state index contributed by atoms with van der Waals surface area (Å²) in [7, 11) is 0. The minimum Gasteiger partial charge on any atom is -0.475 e. The van der Waals surface area contributed by atoms with Gasteiger partial charge in [0.2, 0.25) is 0 Å². The maximum Gasteiger partial charge on any atom is 0.490 e. The molecule has 50 heavy (non-hydrogen) atoms. The number of nitrogens with zero attached hydrogens (tertiary/aromatic N) is 4. The lowest BCUT2D eigenvalue weighted by Gasteiger charge is -2.32. The molecule has 0 saturated carbocycles. The normalized spacial score (nSPS) is 18.3. The van der Waals surface area contributed by atoms with E-state index >= 15 is 0 Å². The van der Waals surface area contributed by atoms with E-state index in [1.807, 2.05) is 36.4 Å². The molecule has 0 spiro atoms. The number of alkyl halides is 3. The fraction of sp³-hybridized carbons (Fsp3) is 0.270. The van der Waals surface area contributed by atoms with Crippen molar-refractivity contribution in [1.82, 2.24) is 14.8 Å². The van der Waals surface area contributed by atoms with Crippen LogP contribution in [0.25, 0.3) is 0 Å². The van der Waals surface area contributed by atoms with E-state index in [0.717, 1.165) is 38.0 Å². The zero-order chi connectivity index (χ0) is 35.9. The van der Waals surface area contributed by atoms with Crippen LogP contribution in [0.3, 0.4) is 0 Å². The summed E-state index contributed by atoms with van der Waals surface area (Å²) in [5.74, 6) is -3.41. The smallest absolute Gasteiger partial charge is 0.475 e. The van der Waals surface area contributed by atoms with Crippen LogP contribution in [0.4, 0.5) is 22.0 Å². The Morgan fingerprint density at radius 3 is 2.08 bits per heavy atom. The second-order valence-corrected chi connectivity index (χ2v) is 11.8. The van der Waals surface area contributed by atoms with Gasteiger partial charge < -0.3 is 10.0 Å². The van der Waals surface area contributed by atoms with Crippen LogP contribution in [0.15, 0.2) is 108 Å². The highest BCUT2D eigenvalue weighted by Gasteiger charge is 2.51. The second kappa shape index (κ2) is 15.5. The monoisotopic (exact) mass is 692 g/mol. The Labute approximate surface area is 284 Å². The molecule has 1 amide bonds. The Kier molecular flexibility index (Phi) is 11.2. The highest BCUT2D eigenvalue weighted by Crippen LogP contribution is 2.41. The van der Waals surface area contributed by atoms with Gasteiger partial charge in [-0.15, -0.1) is 0 Å². The molecule has 1 unspecified atom stereocenters. The van der Waals surface area contributed by atoms with E-state index in [2.05, 4.69) is 9.88 Å².